The van der Waals surface area contributed by atoms with Gasteiger partial charge in [0.1, 0.15) is 6.61 Å². The molecule has 0 N–H and O–H groups in total. The summed E-state index contributed by atoms with van der Waals surface area (Å²) in [4.78, 5) is 10.8. The summed E-state index contributed by atoms with van der Waals surface area (Å²) >= 11 is 0. The van der Waals surface area contributed by atoms with Crippen LogP contribution < -0.4 is 0 Å². The van der Waals surface area contributed by atoms with Crippen LogP contribution in [0.3, 0.4) is 0 Å². The van der Waals surface area contributed by atoms with Gasteiger partial charge < -0.3 is 4.74 Å². The number of hydrogen-bond acceptors (Lipinski definition) is 2. The van der Waals surface area contributed by atoms with Crippen LogP contribution in [-0.4, -0.2) is 12.6 Å². The minimum absolute atomic E-state index is 0.291. The summed E-state index contributed by atoms with van der Waals surface area (Å²) in [6, 6.07) is 0. The maximum atomic E-state index is 10.8. The molecule has 0 saturated heterocycles. The molecule has 0 aliphatic rings. The third-order valence-electron chi connectivity index (χ3n) is 0.997. The molecule has 2 nitrogen and oxygen atoms in total. The topological polar surface area (TPSA) is 26.3 Å². The van der Waals surface area contributed by atoms with Crippen LogP contribution in [0.5, 0.6) is 0 Å². The van der Waals surface area contributed by atoms with Gasteiger partial charge in [0.2, 0.25) is 0 Å². The fourth-order valence-corrected chi connectivity index (χ4v) is 0.488. The van der Waals surface area contributed by atoms with Gasteiger partial charge in [-0.1, -0.05) is 24.8 Å². The summed E-state index contributed by atoms with van der Waals surface area (Å²) in [7, 11) is 0. The van der Waals surface area contributed by atoms with E-state index in [1.807, 2.05) is 19.9 Å². The van der Waals surface area contributed by atoms with Gasteiger partial charge >= 0.3 is 5.97 Å². The zero-order valence-electron chi connectivity index (χ0n) is 7.54. The summed E-state index contributed by atoms with van der Waals surface area (Å²) in [6.45, 7) is 7.59. The monoisotopic (exact) mass is 166 g/mol. The van der Waals surface area contributed by atoms with E-state index in [9.17, 15) is 4.79 Å². The van der Waals surface area contributed by atoms with E-state index < -0.39 is 0 Å². The highest BCUT2D eigenvalue weighted by Gasteiger charge is 1.94. The molecule has 2 heteroatoms. The SMILES string of the molecule is C=C(C)COC(=O)/C=C/C=C/C. The normalized spacial score (nSPS) is 10.8. The maximum absolute atomic E-state index is 10.8. The molecule has 0 saturated carbocycles. The van der Waals surface area contributed by atoms with Gasteiger partial charge in [0.25, 0.3) is 0 Å². The van der Waals surface area contributed by atoms with Crippen molar-refractivity contribution in [2.45, 2.75) is 13.8 Å². The molecule has 0 aromatic heterocycles. The summed E-state index contributed by atoms with van der Waals surface area (Å²) in [5, 5.41) is 0. The number of rotatable bonds is 4. The molecule has 0 aliphatic carbocycles. The molecule has 0 aliphatic heterocycles. The average Bonchev–Trinajstić information content (AvgIpc) is 2.01. The van der Waals surface area contributed by atoms with E-state index in [1.54, 1.807) is 12.2 Å². The highest BCUT2D eigenvalue weighted by molar-refractivity contribution is 5.82. The lowest BCUT2D eigenvalue weighted by Gasteiger charge is -1.98. The highest BCUT2D eigenvalue weighted by Crippen LogP contribution is 1.90. The van der Waals surface area contributed by atoms with Crippen LogP contribution in [0.4, 0.5) is 0 Å². The maximum Gasteiger partial charge on any atom is 0.331 e. The number of carbonyl (C=O) groups excluding carboxylic acids is 1. The van der Waals surface area contributed by atoms with Gasteiger partial charge in [-0.3, -0.25) is 0 Å². The van der Waals surface area contributed by atoms with E-state index in [4.69, 9.17) is 4.74 Å². The third kappa shape index (κ3) is 6.81. The Kier molecular flexibility index (Phi) is 5.70. The van der Waals surface area contributed by atoms with Crippen molar-refractivity contribution in [3.05, 3.63) is 36.5 Å². The van der Waals surface area contributed by atoms with E-state index in [0.29, 0.717) is 6.61 Å². The van der Waals surface area contributed by atoms with E-state index in [0.717, 1.165) is 5.57 Å². The Labute approximate surface area is 73.2 Å². The lowest BCUT2D eigenvalue weighted by molar-refractivity contribution is -0.136. The van der Waals surface area contributed by atoms with Gasteiger partial charge in [-0.25, -0.2) is 4.79 Å². The minimum Gasteiger partial charge on any atom is -0.458 e. The average molecular weight is 166 g/mol. The first kappa shape index (κ1) is 10.7. The largest absolute Gasteiger partial charge is 0.458 e. The van der Waals surface area contributed by atoms with Crippen molar-refractivity contribution in [3.63, 3.8) is 0 Å². The predicted octanol–water partition coefficient (Wildman–Crippen LogP) is 2.24. The van der Waals surface area contributed by atoms with Gasteiger partial charge in [0.15, 0.2) is 0 Å². The second kappa shape index (κ2) is 6.40. The van der Waals surface area contributed by atoms with Crippen LogP contribution >= 0.6 is 0 Å². The zero-order chi connectivity index (χ0) is 9.40. The lowest BCUT2D eigenvalue weighted by atomic mass is 10.4. The predicted molar refractivity (Wildman–Crippen MR) is 49.7 cm³/mol. The highest BCUT2D eigenvalue weighted by atomic mass is 16.5. The Balaban J connectivity index is 3.67. The number of hydrogen-bond donors (Lipinski definition) is 0. The quantitative estimate of drug-likeness (QED) is 0.277. The molecule has 0 heterocycles. The summed E-state index contributed by atoms with van der Waals surface area (Å²) in [6.07, 6.45) is 6.62. The standard InChI is InChI=1S/C10H14O2/c1-4-5-6-7-10(11)12-8-9(2)3/h4-7H,2,8H2,1,3H3/b5-4+,7-6+. The molecule has 0 atom stereocenters. The van der Waals surface area contributed by atoms with E-state index in [2.05, 4.69) is 6.58 Å². The van der Waals surface area contributed by atoms with Gasteiger partial charge in [0, 0.05) is 6.08 Å². The Bertz CT molecular complexity index is 212. The first-order valence-corrected chi connectivity index (χ1v) is 3.77. The number of esters is 1. The second-order valence-corrected chi connectivity index (χ2v) is 2.45. The Morgan fingerprint density at radius 2 is 2.17 bits per heavy atom. The second-order valence-electron chi connectivity index (χ2n) is 2.45. The summed E-state index contributed by atoms with van der Waals surface area (Å²) < 4.78 is 4.79. The van der Waals surface area contributed by atoms with Crippen LogP contribution in [0.25, 0.3) is 0 Å². The molecule has 0 fully saturated rings. The van der Waals surface area contributed by atoms with Crippen molar-refractivity contribution in [3.8, 4) is 0 Å². The van der Waals surface area contributed by atoms with Crippen molar-refractivity contribution < 1.29 is 9.53 Å². The lowest BCUT2D eigenvalue weighted by Crippen LogP contribution is -2.02. The van der Waals surface area contributed by atoms with Crippen LogP contribution in [0.2, 0.25) is 0 Å². The van der Waals surface area contributed by atoms with Gasteiger partial charge in [0.05, 0.1) is 0 Å². The minimum atomic E-state index is -0.337. The third-order valence-corrected chi connectivity index (χ3v) is 0.997. The first-order chi connectivity index (χ1) is 5.66. The molecule has 0 spiro atoms. The van der Waals surface area contributed by atoms with Crippen LogP contribution in [-0.2, 0) is 9.53 Å². The fraction of sp³-hybridized carbons (Fsp3) is 0.300. The van der Waals surface area contributed by atoms with Crippen LogP contribution in [0, 0.1) is 0 Å². The van der Waals surface area contributed by atoms with Crippen molar-refractivity contribution in [1.29, 1.82) is 0 Å². The molecule has 12 heavy (non-hydrogen) atoms. The van der Waals surface area contributed by atoms with Gasteiger partial charge in [-0.2, -0.15) is 0 Å². The van der Waals surface area contributed by atoms with Gasteiger partial charge in [-0.15, -0.1) is 0 Å². The molecule has 0 amide bonds. The van der Waals surface area contributed by atoms with Gasteiger partial charge in [-0.05, 0) is 19.4 Å². The van der Waals surface area contributed by atoms with Crippen LogP contribution in [0.1, 0.15) is 13.8 Å². The molecule has 0 radical (unpaired) electrons. The molecule has 0 rings (SSSR count). The van der Waals surface area contributed by atoms with E-state index in [1.165, 1.54) is 6.08 Å². The van der Waals surface area contributed by atoms with E-state index >= 15 is 0 Å². The Morgan fingerprint density at radius 1 is 1.50 bits per heavy atom. The molecular weight excluding hydrogens is 152 g/mol. The first-order valence-electron chi connectivity index (χ1n) is 3.77. The zero-order valence-corrected chi connectivity index (χ0v) is 7.54. The summed E-state index contributed by atoms with van der Waals surface area (Å²) in [5.41, 5.74) is 0.836. The fourth-order valence-electron chi connectivity index (χ4n) is 0.488. The van der Waals surface area contributed by atoms with Crippen LogP contribution in [0.15, 0.2) is 36.5 Å². The number of allylic oxidation sites excluding steroid dienone is 3. The summed E-state index contributed by atoms with van der Waals surface area (Å²) in [5.74, 6) is -0.337. The smallest absolute Gasteiger partial charge is 0.331 e. The molecule has 0 unspecified atom stereocenters. The molecule has 0 bridgehead atoms. The molecule has 0 aromatic rings. The Morgan fingerprint density at radius 3 is 2.67 bits per heavy atom. The molecule has 66 valence electrons. The van der Waals surface area contributed by atoms with Crippen molar-refractivity contribution in [2.75, 3.05) is 6.61 Å². The number of carbonyl (C=O) groups is 1. The number of ether oxygens (including phenoxy) is 1. The molecule has 0 aromatic carbocycles. The Hall–Kier alpha value is -1.31. The molecular formula is C10H14O2. The van der Waals surface area contributed by atoms with Crippen molar-refractivity contribution in [1.82, 2.24) is 0 Å². The van der Waals surface area contributed by atoms with Crippen molar-refractivity contribution >= 4 is 5.97 Å². The van der Waals surface area contributed by atoms with E-state index in [-0.39, 0.29) is 5.97 Å². The van der Waals surface area contributed by atoms with Crippen molar-refractivity contribution in [2.24, 2.45) is 0 Å².